The van der Waals surface area contributed by atoms with E-state index in [0.29, 0.717) is 11.6 Å². The lowest BCUT2D eigenvalue weighted by atomic mass is 10.0. The molecule has 2 rings (SSSR count). The Balaban J connectivity index is 2.04. The molecule has 26 heavy (non-hydrogen) atoms. The first-order valence-corrected chi connectivity index (χ1v) is 9.11. The highest BCUT2D eigenvalue weighted by Gasteiger charge is 2.19. The number of halogens is 1. The molecule has 0 bridgehead atoms. The number of nitrogens with zero attached hydrogens (tertiary/aromatic N) is 1. The van der Waals surface area contributed by atoms with Crippen molar-refractivity contribution in [2.45, 2.75) is 39.3 Å². The van der Waals surface area contributed by atoms with Crippen LogP contribution in [-0.2, 0) is 22.6 Å². The van der Waals surface area contributed by atoms with E-state index in [1.807, 2.05) is 24.3 Å². The predicted octanol–water partition coefficient (Wildman–Crippen LogP) is 4.13. The summed E-state index contributed by atoms with van der Waals surface area (Å²) in [5.74, 6) is -0.200. The lowest BCUT2D eigenvalue weighted by Crippen LogP contribution is -2.33. The molecule has 0 spiro atoms. The Morgan fingerprint density at radius 1 is 1.04 bits per heavy atom. The normalized spacial score (nSPS) is 11.7. The molecule has 0 aliphatic heterocycles. The van der Waals surface area contributed by atoms with Crippen molar-refractivity contribution < 1.29 is 9.59 Å². The largest absolute Gasteiger partial charge is 0.349 e. The minimum Gasteiger partial charge on any atom is -0.349 e. The third-order valence-electron chi connectivity index (χ3n) is 4.31. The molecule has 2 aromatic carbocycles. The third kappa shape index (κ3) is 5.88. The van der Waals surface area contributed by atoms with E-state index in [2.05, 4.69) is 24.4 Å². The summed E-state index contributed by atoms with van der Waals surface area (Å²) in [5.41, 5.74) is 3.22. The predicted molar refractivity (Wildman–Crippen MR) is 105 cm³/mol. The number of aryl methyl sites for hydroxylation is 1. The van der Waals surface area contributed by atoms with E-state index < -0.39 is 0 Å². The summed E-state index contributed by atoms with van der Waals surface area (Å²) in [4.78, 5) is 25.9. The van der Waals surface area contributed by atoms with Crippen molar-refractivity contribution in [3.8, 4) is 0 Å². The zero-order valence-corrected chi connectivity index (χ0v) is 16.2. The SMILES string of the molecule is CCc1ccc(CN(C)C(=O)CC(NC(C)=O)c2ccc(Cl)cc2)cc1. The van der Waals surface area contributed by atoms with Gasteiger partial charge in [-0.05, 0) is 35.2 Å². The fourth-order valence-electron chi connectivity index (χ4n) is 2.77. The Labute approximate surface area is 160 Å². The Hall–Kier alpha value is -2.33. The summed E-state index contributed by atoms with van der Waals surface area (Å²) in [5, 5.41) is 3.47. The van der Waals surface area contributed by atoms with Crippen molar-refractivity contribution in [3.05, 3.63) is 70.2 Å². The highest BCUT2D eigenvalue weighted by molar-refractivity contribution is 6.30. The van der Waals surface area contributed by atoms with Crippen LogP contribution in [0.3, 0.4) is 0 Å². The fraction of sp³-hybridized carbons (Fsp3) is 0.333. The van der Waals surface area contributed by atoms with Crippen LogP contribution < -0.4 is 5.32 Å². The van der Waals surface area contributed by atoms with E-state index in [0.717, 1.165) is 17.5 Å². The molecule has 0 fully saturated rings. The quantitative estimate of drug-likeness (QED) is 0.794. The second-order valence-electron chi connectivity index (χ2n) is 6.43. The molecule has 1 N–H and O–H groups in total. The van der Waals surface area contributed by atoms with Crippen molar-refractivity contribution in [1.82, 2.24) is 10.2 Å². The summed E-state index contributed by atoms with van der Waals surface area (Å²) in [6.07, 6.45) is 1.19. The molecule has 1 atom stereocenters. The molecule has 0 radical (unpaired) electrons. The molecule has 0 aliphatic rings. The summed E-state index contributed by atoms with van der Waals surface area (Å²) < 4.78 is 0. The number of carbonyl (C=O) groups is 2. The molecule has 5 heteroatoms. The van der Waals surface area contributed by atoms with Crippen molar-refractivity contribution in [2.75, 3.05) is 7.05 Å². The van der Waals surface area contributed by atoms with Gasteiger partial charge in [-0.2, -0.15) is 0 Å². The van der Waals surface area contributed by atoms with E-state index in [1.54, 1.807) is 24.1 Å². The molecule has 2 amide bonds. The van der Waals surface area contributed by atoms with Crippen LogP contribution in [0.4, 0.5) is 0 Å². The summed E-state index contributed by atoms with van der Waals surface area (Å²) in [7, 11) is 1.78. The van der Waals surface area contributed by atoms with Crippen molar-refractivity contribution in [3.63, 3.8) is 0 Å². The maximum Gasteiger partial charge on any atom is 0.225 e. The van der Waals surface area contributed by atoms with Gasteiger partial charge in [-0.1, -0.05) is 54.9 Å². The molecule has 0 aromatic heterocycles. The number of benzene rings is 2. The van der Waals surface area contributed by atoms with E-state index in [1.165, 1.54) is 12.5 Å². The van der Waals surface area contributed by atoms with Crippen LogP contribution in [0, 0.1) is 0 Å². The second kappa shape index (κ2) is 9.39. The second-order valence-corrected chi connectivity index (χ2v) is 6.87. The maximum absolute atomic E-state index is 12.7. The van der Waals surface area contributed by atoms with E-state index >= 15 is 0 Å². The molecule has 4 nitrogen and oxygen atoms in total. The van der Waals surface area contributed by atoms with Gasteiger partial charge >= 0.3 is 0 Å². The average Bonchev–Trinajstić information content (AvgIpc) is 2.62. The summed E-state index contributed by atoms with van der Waals surface area (Å²) >= 11 is 5.93. The number of rotatable bonds is 7. The van der Waals surface area contributed by atoms with Gasteiger partial charge in [0.05, 0.1) is 12.5 Å². The molecule has 0 aliphatic carbocycles. The molecule has 2 aromatic rings. The standard InChI is InChI=1S/C21H25ClN2O2/c1-4-16-5-7-17(8-6-16)14-24(3)21(26)13-20(23-15(2)25)18-9-11-19(22)12-10-18/h5-12,20H,4,13-14H2,1-3H3,(H,23,25). The minimum absolute atomic E-state index is 0.0294. The monoisotopic (exact) mass is 372 g/mol. The van der Waals surface area contributed by atoms with Gasteiger partial charge in [0.25, 0.3) is 0 Å². The van der Waals surface area contributed by atoms with Gasteiger partial charge in [0, 0.05) is 25.5 Å². The van der Waals surface area contributed by atoms with Gasteiger partial charge in [0.1, 0.15) is 0 Å². The first-order chi connectivity index (χ1) is 12.4. The molecular formula is C21H25ClN2O2. The van der Waals surface area contributed by atoms with E-state index in [-0.39, 0.29) is 24.3 Å². The van der Waals surface area contributed by atoms with Gasteiger partial charge in [0.15, 0.2) is 0 Å². The van der Waals surface area contributed by atoms with Crippen LogP contribution in [0.5, 0.6) is 0 Å². The van der Waals surface area contributed by atoms with Crippen LogP contribution in [0.2, 0.25) is 5.02 Å². The molecule has 1 unspecified atom stereocenters. The molecular weight excluding hydrogens is 348 g/mol. The molecule has 138 valence electrons. The number of hydrogen-bond acceptors (Lipinski definition) is 2. The number of nitrogens with one attached hydrogen (secondary N) is 1. The van der Waals surface area contributed by atoms with Crippen LogP contribution in [0.25, 0.3) is 0 Å². The van der Waals surface area contributed by atoms with E-state index in [4.69, 9.17) is 11.6 Å². The Kier molecular flexibility index (Phi) is 7.22. The maximum atomic E-state index is 12.7. The average molecular weight is 373 g/mol. The zero-order chi connectivity index (χ0) is 19.1. The number of carbonyl (C=O) groups excluding carboxylic acids is 2. The first-order valence-electron chi connectivity index (χ1n) is 8.73. The van der Waals surface area contributed by atoms with Crippen LogP contribution in [-0.4, -0.2) is 23.8 Å². The lowest BCUT2D eigenvalue weighted by Gasteiger charge is -2.23. The fourth-order valence-corrected chi connectivity index (χ4v) is 2.89. The van der Waals surface area contributed by atoms with Gasteiger partial charge in [-0.3, -0.25) is 9.59 Å². The van der Waals surface area contributed by atoms with E-state index in [9.17, 15) is 9.59 Å². The Bertz CT molecular complexity index is 742. The molecule has 0 saturated heterocycles. The number of hydrogen-bond donors (Lipinski definition) is 1. The van der Waals surface area contributed by atoms with Crippen molar-refractivity contribution >= 4 is 23.4 Å². The van der Waals surface area contributed by atoms with Gasteiger partial charge in [0.2, 0.25) is 11.8 Å². The third-order valence-corrected chi connectivity index (χ3v) is 4.56. The number of amides is 2. The smallest absolute Gasteiger partial charge is 0.225 e. The first kappa shape index (κ1) is 20.0. The molecule has 0 heterocycles. The topological polar surface area (TPSA) is 49.4 Å². The van der Waals surface area contributed by atoms with Crippen molar-refractivity contribution in [1.29, 1.82) is 0 Å². The van der Waals surface area contributed by atoms with Crippen molar-refractivity contribution in [2.24, 2.45) is 0 Å². The lowest BCUT2D eigenvalue weighted by molar-refractivity contribution is -0.131. The summed E-state index contributed by atoms with van der Waals surface area (Å²) in [6.45, 7) is 4.10. The van der Waals surface area contributed by atoms with Crippen LogP contribution in [0.1, 0.15) is 43.0 Å². The minimum atomic E-state index is -0.373. The summed E-state index contributed by atoms with van der Waals surface area (Å²) in [6, 6.07) is 15.1. The highest BCUT2D eigenvalue weighted by atomic mass is 35.5. The molecule has 0 saturated carbocycles. The van der Waals surface area contributed by atoms with Gasteiger partial charge in [-0.25, -0.2) is 0 Å². The Morgan fingerprint density at radius 2 is 1.62 bits per heavy atom. The Morgan fingerprint density at radius 3 is 2.15 bits per heavy atom. The highest BCUT2D eigenvalue weighted by Crippen LogP contribution is 2.21. The van der Waals surface area contributed by atoms with Gasteiger partial charge in [-0.15, -0.1) is 0 Å². The van der Waals surface area contributed by atoms with Crippen LogP contribution in [0.15, 0.2) is 48.5 Å². The zero-order valence-electron chi connectivity index (χ0n) is 15.5. The van der Waals surface area contributed by atoms with Gasteiger partial charge < -0.3 is 10.2 Å². The van der Waals surface area contributed by atoms with Crippen LogP contribution >= 0.6 is 11.6 Å².